The molecule has 0 aliphatic carbocycles. The van der Waals surface area contributed by atoms with Crippen LogP contribution in [0.3, 0.4) is 0 Å². The number of aliphatic hydroxyl groups is 1. The van der Waals surface area contributed by atoms with Gasteiger partial charge in [-0.05, 0) is 6.92 Å². The molecule has 0 radical (unpaired) electrons. The SMILES string of the molecule is CC(O)CC(=O)[C@H](Cl)C(=O)O. The van der Waals surface area contributed by atoms with Crippen LogP contribution in [0.2, 0.25) is 0 Å². The van der Waals surface area contributed by atoms with Crippen molar-refractivity contribution >= 4 is 23.4 Å². The Morgan fingerprint density at radius 1 is 1.55 bits per heavy atom. The summed E-state index contributed by atoms with van der Waals surface area (Å²) in [4.78, 5) is 20.8. The lowest BCUT2D eigenvalue weighted by Gasteiger charge is -2.04. The summed E-state index contributed by atoms with van der Waals surface area (Å²) in [6.07, 6.45) is -1.07. The van der Waals surface area contributed by atoms with Gasteiger partial charge in [0.2, 0.25) is 0 Å². The zero-order valence-corrected chi connectivity index (χ0v) is 6.71. The highest BCUT2D eigenvalue weighted by molar-refractivity contribution is 6.40. The van der Waals surface area contributed by atoms with E-state index in [9.17, 15) is 9.59 Å². The number of carbonyl (C=O) groups is 2. The van der Waals surface area contributed by atoms with Crippen LogP contribution in [-0.4, -0.2) is 33.4 Å². The average molecular weight is 181 g/mol. The van der Waals surface area contributed by atoms with Gasteiger partial charge in [-0.3, -0.25) is 9.59 Å². The van der Waals surface area contributed by atoms with Crippen LogP contribution in [0.1, 0.15) is 13.3 Å². The van der Waals surface area contributed by atoms with E-state index in [1.54, 1.807) is 0 Å². The maximum Gasteiger partial charge on any atom is 0.329 e. The summed E-state index contributed by atoms with van der Waals surface area (Å²) in [7, 11) is 0. The standard InChI is InChI=1S/C6H9ClO4/c1-3(8)2-4(9)5(7)6(10)11/h3,5,8H,2H2,1H3,(H,10,11)/t3?,5-/m0/s1. The minimum absolute atomic E-state index is 0.222. The van der Waals surface area contributed by atoms with Gasteiger partial charge in [0, 0.05) is 6.42 Å². The number of rotatable bonds is 4. The number of aliphatic carboxylic acids is 1. The lowest BCUT2D eigenvalue weighted by atomic mass is 10.1. The summed E-state index contributed by atoms with van der Waals surface area (Å²) < 4.78 is 0. The summed E-state index contributed by atoms with van der Waals surface area (Å²) in [5, 5.41) is 15.4. The summed E-state index contributed by atoms with van der Waals surface area (Å²) in [5.41, 5.74) is 0. The van der Waals surface area contributed by atoms with E-state index in [0.29, 0.717) is 0 Å². The molecule has 64 valence electrons. The molecule has 11 heavy (non-hydrogen) atoms. The molecule has 0 fully saturated rings. The largest absolute Gasteiger partial charge is 0.480 e. The van der Waals surface area contributed by atoms with E-state index >= 15 is 0 Å². The Kier molecular flexibility index (Phi) is 4.07. The lowest BCUT2D eigenvalue weighted by molar-refractivity contribution is -0.140. The number of Topliss-reactive ketones (excluding diaryl/α,β-unsaturated/α-hetero) is 1. The first kappa shape index (κ1) is 10.4. The fourth-order valence-electron chi connectivity index (χ4n) is 0.532. The van der Waals surface area contributed by atoms with Crippen LogP contribution in [0.4, 0.5) is 0 Å². The first-order valence-electron chi connectivity index (χ1n) is 3.02. The summed E-state index contributed by atoms with van der Waals surface area (Å²) in [5.74, 6) is -2.05. The van der Waals surface area contributed by atoms with Crippen molar-refractivity contribution in [3.05, 3.63) is 0 Å². The van der Waals surface area contributed by atoms with Gasteiger partial charge in [-0.2, -0.15) is 0 Å². The van der Waals surface area contributed by atoms with Crippen molar-refractivity contribution < 1.29 is 19.8 Å². The molecule has 0 saturated carbocycles. The fourth-order valence-corrected chi connectivity index (χ4v) is 0.621. The summed E-state index contributed by atoms with van der Waals surface area (Å²) in [6, 6.07) is 0. The van der Waals surface area contributed by atoms with E-state index in [1.807, 2.05) is 0 Å². The highest BCUT2D eigenvalue weighted by Gasteiger charge is 2.23. The number of hydrogen-bond donors (Lipinski definition) is 2. The number of carboxylic acids is 1. The van der Waals surface area contributed by atoms with Crippen molar-refractivity contribution in [3.63, 3.8) is 0 Å². The molecule has 0 aliphatic heterocycles. The van der Waals surface area contributed by atoms with Gasteiger partial charge >= 0.3 is 5.97 Å². The Bertz CT molecular complexity index is 166. The highest BCUT2D eigenvalue weighted by atomic mass is 35.5. The molecule has 0 heterocycles. The van der Waals surface area contributed by atoms with Gasteiger partial charge in [-0.1, -0.05) is 0 Å². The van der Waals surface area contributed by atoms with Gasteiger partial charge in [-0.15, -0.1) is 11.6 Å². The number of carbonyl (C=O) groups excluding carboxylic acids is 1. The third-order valence-electron chi connectivity index (χ3n) is 0.996. The number of hydrogen-bond acceptors (Lipinski definition) is 3. The molecule has 0 amide bonds. The van der Waals surface area contributed by atoms with Crippen LogP contribution >= 0.6 is 11.6 Å². The molecule has 0 aliphatic rings. The maximum atomic E-state index is 10.7. The molecular formula is C6H9ClO4. The van der Waals surface area contributed by atoms with Crippen LogP contribution in [-0.2, 0) is 9.59 Å². The van der Waals surface area contributed by atoms with E-state index in [1.165, 1.54) is 6.92 Å². The highest BCUT2D eigenvalue weighted by Crippen LogP contribution is 2.03. The molecule has 0 aromatic rings. The van der Waals surface area contributed by atoms with Crippen LogP contribution in [0.15, 0.2) is 0 Å². The van der Waals surface area contributed by atoms with Crippen LogP contribution in [0.25, 0.3) is 0 Å². The van der Waals surface area contributed by atoms with Crippen molar-refractivity contribution in [3.8, 4) is 0 Å². The Balaban J connectivity index is 3.93. The topological polar surface area (TPSA) is 74.6 Å². The molecule has 1 unspecified atom stereocenters. The molecule has 0 rings (SSSR count). The van der Waals surface area contributed by atoms with Gasteiger partial charge < -0.3 is 10.2 Å². The van der Waals surface area contributed by atoms with Crippen molar-refractivity contribution in [2.24, 2.45) is 0 Å². The van der Waals surface area contributed by atoms with Crippen LogP contribution in [0, 0.1) is 0 Å². The molecule has 0 aromatic heterocycles. The third-order valence-corrected chi connectivity index (χ3v) is 1.43. The van der Waals surface area contributed by atoms with Gasteiger partial charge in [0.05, 0.1) is 6.10 Å². The van der Waals surface area contributed by atoms with E-state index in [-0.39, 0.29) is 6.42 Å². The van der Waals surface area contributed by atoms with E-state index in [0.717, 1.165) is 0 Å². The van der Waals surface area contributed by atoms with Crippen molar-refractivity contribution in [2.75, 3.05) is 0 Å². The van der Waals surface area contributed by atoms with E-state index < -0.39 is 23.2 Å². The van der Waals surface area contributed by atoms with Gasteiger partial charge in [0.25, 0.3) is 0 Å². The van der Waals surface area contributed by atoms with Crippen molar-refractivity contribution in [1.29, 1.82) is 0 Å². The number of halogens is 1. The van der Waals surface area contributed by atoms with Crippen molar-refractivity contribution in [2.45, 2.75) is 24.8 Å². The maximum absolute atomic E-state index is 10.7. The summed E-state index contributed by atoms with van der Waals surface area (Å²) in [6.45, 7) is 1.39. The number of alkyl halides is 1. The molecule has 2 atom stereocenters. The minimum atomic E-state index is -1.54. The third kappa shape index (κ3) is 3.95. The number of aliphatic hydroxyl groups excluding tert-OH is 1. The predicted octanol–water partition coefficient (Wildman–Crippen LogP) is 0.0184. The van der Waals surface area contributed by atoms with Gasteiger partial charge in [-0.25, -0.2) is 0 Å². The fraction of sp³-hybridized carbons (Fsp3) is 0.667. The second-order valence-electron chi connectivity index (χ2n) is 2.22. The first-order valence-corrected chi connectivity index (χ1v) is 3.46. The molecule has 4 nitrogen and oxygen atoms in total. The Morgan fingerprint density at radius 2 is 2.00 bits per heavy atom. The normalized spacial score (nSPS) is 15.5. The zero-order valence-electron chi connectivity index (χ0n) is 5.95. The molecule has 0 aromatic carbocycles. The van der Waals surface area contributed by atoms with Gasteiger partial charge in [0.15, 0.2) is 11.2 Å². The van der Waals surface area contributed by atoms with Gasteiger partial charge in [0.1, 0.15) is 0 Å². The van der Waals surface area contributed by atoms with E-state index in [2.05, 4.69) is 0 Å². The Morgan fingerprint density at radius 3 is 2.27 bits per heavy atom. The van der Waals surface area contributed by atoms with Crippen LogP contribution in [0.5, 0.6) is 0 Å². The lowest BCUT2D eigenvalue weighted by Crippen LogP contribution is -2.26. The predicted molar refractivity (Wildman–Crippen MR) is 38.6 cm³/mol. The molecule has 0 saturated heterocycles. The van der Waals surface area contributed by atoms with Crippen molar-refractivity contribution in [1.82, 2.24) is 0 Å². The summed E-state index contributed by atoms with van der Waals surface area (Å²) >= 11 is 5.15. The number of carboxylic acid groups (broad SMARTS) is 1. The van der Waals surface area contributed by atoms with E-state index in [4.69, 9.17) is 21.8 Å². The second-order valence-corrected chi connectivity index (χ2v) is 2.66. The Hall–Kier alpha value is -0.610. The molecular weight excluding hydrogens is 172 g/mol. The van der Waals surface area contributed by atoms with Crippen LogP contribution < -0.4 is 0 Å². The minimum Gasteiger partial charge on any atom is -0.480 e. The zero-order chi connectivity index (χ0) is 9.02. The second kappa shape index (κ2) is 4.31. The molecule has 2 N–H and O–H groups in total. The average Bonchev–Trinajstić information content (AvgIpc) is 1.84. The monoisotopic (exact) mass is 180 g/mol. The Labute approximate surface area is 68.8 Å². The number of ketones is 1. The molecule has 5 heteroatoms. The molecule has 0 spiro atoms. The smallest absolute Gasteiger partial charge is 0.329 e. The molecule has 0 bridgehead atoms. The quantitative estimate of drug-likeness (QED) is 0.473. The first-order chi connectivity index (χ1) is 4.95.